The van der Waals surface area contributed by atoms with Crippen molar-refractivity contribution in [2.75, 3.05) is 27.7 Å². The van der Waals surface area contributed by atoms with Gasteiger partial charge >= 0.3 is 5.97 Å². The molecule has 0 amide bonds. The molecule has 0 spiro atoms. The van der Waals surface area contributed by atoms with E-state index in [1.807, 2.05) is 6.07 Å². The monoisotopic (exact) mass is 376 g/mol. The van der Waals surface area contributed by atoms with E-state index in [0.29, 0.717) is 5.75 Å². The first-order chi connectivity index (χ1) is 12.8. The summed E-state index contributed by atoms with van der Waals surface area (Å²) in [5.74, 6) is -0.227. The summed E-state index contributed by atoms with van der Waals surface area (Å²) in [6.07, 6.45) is 2.04. The number of carbonyl (C=O) groups is 1. The molecule has 4 rings (SSSR count). The van der Waals surface area contributed by atoms with Crippen LogP contribution >= 0.6 is 0 Å². The number of methoxy groups -OCH3 is 1. The van der Waals surface area contributed by atoms with E-state index in [0.717, 1.165) is 30.4 Å². The van der Waals surface area contributed by atoms with Gasteiger partial charge in [0.25, 0.3) is 0 Å². The Labute approximate surface area is 159 Å². The zero-order valence-electron chi connectivity index (χ0n) is 16.3. The molecule has 1 aromatic carbocycles. The minimum Gasteiger partial charge on any atom is -0.504 e. The summed E-state index contributed by atoms with van der Waals surface area (Å²) in [7, 11) is 5.90. The minimum atomic E-state index is -0.891. The molecule has 0 bridgehead atoms. The van der Waals surface area contributed by atoms with Crippen molar-refractivity contribution in [3.8, 4) is 11.5 Å². The lowest BCUT2D eigenvalue weighted by Crippen LogP contribution is -2.74. The second-order valence-corrected chi connectivity index (χ2v) is 8.39. The molecule has 1 fully saturated rings. The molecule has 148 valence electrons. The van der Waals surface area contributed by atoms with Gasteiger partial charge in [0.15, 0.2) is 11.5 Å². The van der Waals surface area contributed by atoms with Crippen LogP contribution in [0.4, 0.5) is 0 Å². The van der Waals surface area contributed by atoms with E-state index in [-0.39, 0.29) is 30.5 Å². The maximum absolute atomic E-state index is 11.1. The van der Waals surface area contributed by atoms with Crippen molar-refractivity contribution < 1.29 is 24.5 Å². The highest BCUT2D eigenvalue weighted by Gasteiger charge is 2.69. The predicted molar refractivity (Wildman–Crippen MR) is 99.5 cm³/mol. The van der Waals surface area contributed by atoms with Crippen molar-refractivity contribution in [3.63, 3.8) is 0 Å². The molecule has 2 unspecified atom stereocenters. The third-order valence-electron chi connectivity index (χ3n) is 7.08. The molecule has 0 radical (unpaired) electrons. The van der Waals surface area contributed by atoms with Gasteiger partial charge in [-0.1, -0.05) is 6.07 Å². The Morgan fingerprint density at radius 2 is 2.19 bits per heavy atom. The van der Waals surface area contributed by atoms with Crippen LogP contribution in [0.1, 0.15) is 30.9 Å². The summed E-state index contributed by atoms with van der Waals surface area (Å²) < 4.78 is 12.6. The first-order valence-corrected chi connectivity index (χ1v) is 9.45. The molecular weight excluding hydrogens is 348 g/mol. The largest absolute Gasteiger partial charge is 0.504 e. The van der Waals surface area contributed by atoms with Gasteiger partial charge in [-0.15, -0.1) is 0 Å². The fourth-order valence-corrected chi connectivity index (χ4v) is 5.94. The molecule has 0 aromatic heterocycles. The van der Waals surface area contributed by atoms with E-state index in [1.165, 1.54) is 0 Å². The number of phenols is 1. The van der Waals surface area contributed by atoms with Gasteiger partial charge in [-0.25, -0.2) is 0 Å². The summed E-state index contributed by atoms with van der Waals surface area (Å²) in [5.41, 5.74) is 1.22. The van der Waals surface area contributed by atoms with E-state index in [4.69, 9.17) is 14.6 Å². The lowest BCUT2D eigenvalue weighted by Gasteiger charge is -2.60. The highest BCUT2D eigenvalue weighted by atomic mass is 16.5. The lowest BCUT2D eigenvalue weighted by molar-refractivity contribution is -0.172. The number of carboxylic acids is 1. The summed E-state index contributed by atoms with van der Waals surface area (Å²) in [6, 6.07) is 3.70. The van der Waals surface area contributed by atoms with Crippen LogP contribution < -0.4 is 10.1 Å². The van der Waals surface area contributed by atoms with E-state index in [9.17, 15) is 9.90 Å². The Balaban J connectivity index is 1.89. The molecule has 1 aromatic rings. The van der Waals surface area contributed by atoms with Gasteiger partial charge in [0.1, 0.15) is 6.10 Å². The average molecular weight is 376 g/mol. The summed E-state index contributed by atoms with van der Waals surface area (Å²) in [5, 5.41) is 22.7. The van der Waals surface area contributed by atoms with Crippen LogP contribution in [0.15, 0.2) is 12.1 Å². The number of carboxylic acid groups (broad SMARTS) is 1. The standard InChI is InChI=1S/C20H28N2O5/c1-19-16-11-5-6-13(23)17(16)27-18(19)12(21-10-15(24)25)7-8-20(19,26-4)14(9-11)22(2)3/h5-6,12,14,18,21,23H,7-10H2,1-4H3,(H,24,25)/t12-,14?,18+,19?,20-/m1/s1. The number of benzene rings is 1. The van der Waals surface area contributed by atoms with Crippen molar-refractivity contribution >= 4 is 5.97 Å². The number of likely N-dealkylation sites (N-methyl/N-ethyl adjacent to an activating group) is 1. The van der Waals surface area contributed by atoms with Crippen LogP contribution in [-0.2, 0) is 21.4 Å². The molecule has 2 aliphatic carbocycles. The van der Waals surface area contributed by atoms with Crippen LogP contribution in [0, 0.1) is 0 Å². The summed E-state index contributed by atoms with van der Waals surface area (Å²) in [4.78, 5) is 13.3. The van der Waals surface area contributed by atoms with Gasteiger partial charge in [0, 0.05) is 24.8 Å². The topological polar surface area (TPSA) is 91.3 Å². The Morgan fingerprint density at radius 3 is 2.81 bits per heavy atom. The first-order valence-electron chi connectivity index (χ1n) is 9.45. The normalized spacial score (nSPS) is 36.4. The zero-order chi connectivity index (χ0) is 19.6. The number of aromatic hydroxyl groups is 1. The number of ether oxygens (including phenoxy) is 2. The van der Waals surface area contributed by atoms with Crippen molar-refractivity contribution in [1.82, 2.24) is 10.2 Å². The highest BCUT2D eigenvalue weighted by Crippen LogP contribution is 2.63. The maximum atomic E-state index is 11.1. The predicted octanol–water partition coefficient (Wildman–Crippen LogP) is 1.12. The van der Waals surface area contributed by atoms with E-state index in [2.05, 4.69) is 31.2 Å². The second kappa shape index (κ2) is 6.09. The lowest BCUT2D eigenvalue weighted by atomic mass is 9.52. The van der Waals surface area contributed by atoms with Gasteiger partial charge in [-0.2, -0.15) is 0 Å². The number of nitrogens with zero attached hydrogens (tertiary/aromatic N) is 1. The molecule has 3 N–H and O–H groups in total. The van der Waals surface area contributed by atoms with Gasteiger partial charge < -0.3 is 29.9 Å². The fourth-order valence-electron chi connectivity index (χ4n) is 5.94. The molecular formula is C20H28N2O5. The summed E-state index contributed by atoms with van der Waals surface area (Å²) >= 11 is 0. The molecule has 1 heterocycles. The molecule has 0 saturated heterocycles. The highest BCUT2D eigenvalue weighted by molar-refractivity contribution is 5.69. The van der Waals surface area contributed by atoms with Crippen molar-refractivity contribution in [1.29, 1.82) is 0 Å². The van der Waals surface area contributed by atoms with Crippen LogP contribution in [0.3, 0.4) is 0 Å². The van der Waals surface area contributed by atoms with Crippen molar-refractivity contribution in [2.24, 2.45) is 0 Å². The van der Waals surface area contributed by atoms with E-state index >= 15 is 0 Å². The van der Waals surface area contributed by atoms with Crippen LogP contribution in [0.25, 0.3) is 0 Å². The van der Waals surface area contributed by atoms with E-state index in [1.54, 1.807) is 13.2 Å². The molecule has 5 atom stereocenters. The Kier molecular flexibility index (Phi) is 4.18. The van der Waals surface area contributed by atoms with Crippen molar-refractivity contribution in [2.45, 2.75) is 55.4 Å². The van der Waals surface area contributed by atoms with Crippen LogP contribution in [0.5, 0.6) is 11.5 Å². The SMILES string of the molecule is CO[C@@]12CC[C@@H](NCC(=O)O)[C@@H]3Oc4c(O)ccc(c4C31C)CC2N(C)C. The number of phenolic OH excluding ortho intramolecular Hbond substituents is 1. The fraction of sp³-hybridized carbons (Fsp3) is 0.650. The number of nitrogens with one attached hydrogen (secondary N) is 1. The Morgan fingerprint density at radius 1 is 1.44 bits per heavy atom. The van der Waals surface area contributed by atoms with Gasteiger partial charge in [-0.05, 0) is 51.9 Å². The average Bonchev–Trinajstić information content (AvgIpc) is 2.95. The molecule has 7 heteroatoms. The third kappa shape index (κ3) is 2.28. The smallest absolute Gasteiger partial charge is 0.317 e. The zero-order valence-corrected chi connectivity index (χ0v) is 16.3. The number of hydrogen-bond donors (Lipinski definition) is 3. The third-order valence-corrected chi connectivity index (χ3v) is 7.08. The quantitative estimate of drug-likeness (QED) is 0.709. The first kappa shape index (κ1) is 18.5. The molecule has 7 nitrogen and oxygen atoms in total. The number of aliphatic carboxylic acids is 1. The molecule has 1 saturated carbocycles. The number of hydrogen-bond acceptors (Lipinski definition) is 6. The van der Waals surface area contributed by atoms with Gasteiger partial charge in [-0.3, -0.25) is 4.79 Å². The number of rotatable bonds is 5. The minimum absolute atomic E-state index is 0.118. The molecule has 1 aliphatic heterocycles. The second-order valence-electron chi connectivity index (χ2n) is 8.39. The molecule has 3 aliphatic rings. The Hall–Kier alpha value is -1.83. The van der Waals surface area contributed by atoms with Crippen molar-refractivity contribution in [3.05, 3.63) is 23.3 Å². The van der Waals surface area contributed by atoms with Crippen LogP contribution in [-0.4, -0.2) is 72.6 Å². The van der Waals surface area contributed by atoms with E-state index < -0.39 is 17.0 Å². The van der Waals surface area contributed by atoms with Crippen LogP contribution in [0.2, 0.25) is 0 Å². The maximum Gasteiger partial charge on any atom is 0.317 e. The molecule has 27 heavy (non-hydrogen) atoms. The van der Waals surface area contributed by atoms with Gasteiger partial charge in [0.05, 0.1) is 17.6 Å². The Bertz CT molecular complexity index is 782. The summed E-state index contributed by atoms with van der Waals surface area (Å²) in [6.45, 7) is 2.03. The van der Waals surface area contributed by atoms with Gasteiger partial charge in [0.2, 0.25) is 0 Å².